The summed E-state index contributed by atoms with van der Waals surface area (Å²) in [6.07, 6.45) is 0. The first kappa shape index (κ1) is 20.2. The fourth-order valence-corrected chi connectivity index (χ4v) is 4.00. The summed E-state index contributed by atoms with van der Waals surface area (Å²) in [5.41, 5.74) is 4.98. The quantitative estimate of drug-likeness (QED) is 0.418. The van der Waals surface area contributed by atoms with Gasteiger partial charge in [-0.25, -0.2) is 15.2 Å². The summed E-state index contributed by atoms with van der Waals surface area (Å²) in [5.74, 6) is -0.0837. The average Bonchev–Trinajstić information content (AvgIpc) is 3.29. The number of nitrogens with zero attached hydrogens (tertiary/aromatic N) is 2. The Morgan fingerprint density at radius 2 is 1.73 bits per heavy atom. The van der Waals surface area contributed by atoms with Gasteiger partial charge in [0.15, 0.2) is 5.84 Å². The largest absolute Gasteiger partial charge is 0.509 e. The lowest BCUT2D eigenvalue weighted by molar-refractivity contribution is 0.228. The molecule has 0 bridgehead atoms. The van der Waals surface area contributed by atoms with Crippen LogP contribution in [0.15, 0.2) is 59.7 Å². The minimum atomic E-state index is -0.544. The van der Waals surface area contributed by atoms with Crippen LogP contribution in [0.5, 0.6) is 0 Å². The van der Waals surface area contributed by atoms with E-state index in [4.69, 9.17) is 28.6 Å². The molecule has 3 aromatic rings. The molecule has 7 nitrogen and oxygen atoms in total. The Morgan fingerprint density at radius 3 is 2.40 bits per heavy atom. The molecule has 0 radical (unpaired) electrons. The Balaban J connectivity index is 1.45. The van der Waals surface area contributed by atoms with E-state index < -0.39 is 6.03 Å². The molecule has 0 saturated carbocycles. The van der Waals surface area contributed by atoms with E-state index in [1.54, 1.807) is 36.4 Å². The van der Waals surface area contributed by atoms with E-state index in [-0.39, 0.29) is 23.7 Å². The van der Waals surface area contributed by atoms with Crippen molar-refractivity contribution in [2.75, 3.05) is 11.9 Å². The van der Waals surface area contributed by atoms with E-state index in [0.717, 1.165) is 5.56 Å². The second-order valence-corrected chi connectivity index (χ2v) is 8.11. The highest BCUT2D eigenvalue weighted by molar-refractivity contribution is 7.11. The minimum Gasteiger partial charge on any atom is -0.509 e. The van der Waals surface area contributed by atoms with Crippen LogP contribution in [-0.2, 0) is 0 Å². The highest BCUT2D eigenvalue weighted by atomic mass is 35.5. The van der Waals surface area contributed by atoms with E-state index >= 15 is 0 Å². The number of amides is 2. The molecule has 1 aromatic heterocycles. The molecule has 30 heavy (non-hydrogen) atoms. The van der Waals surface area contributed by atoms with Gasteiger partial charge >= 0.3 is 6.03 Å². The highest BCUT2D eigenvalue weighted by Gasteiger charge is 2.31. The molecule has 0 aliphatic carbocycles. The van der Waals surface area contributed by atoms with Crippen LogP contribution in [0.25, 0.3) is 16.8 Å². The second-order valence-electron chi connectivity index (χ2n) is 6.37. The monoisotopic (exact) mass is 459 g/mol. The van der Waals surface area contributed by atoms with E-state index in [0.29, 0.717) is 26.4 Å². The summed E-state index contributed by atoms with van der Waals surface area (Å²) in [6.45, 7) is -0.0297. The first-order valence-electron chi connectivity index (χ1n) is 8.74. The molecular formula is C20H15Cl2N5O2S. The second kappa shape index (κ2) is 8.35. The molecule has 1 aliphatic heterocycles. The first-order valence-corrected chi connectivity index (χ1v) is 10.4. The van der Waals surface area contributed by atoms with Crippen LogP contribution < -0.4 is 10.7 Å². The molecule has 2 aromatic carbocycles. The smallest absolute Gasteiger partial charge is 0.338 e. The Kier molecular flexibility index (Phi) is 5.63. The van der Waals surface area contributed by atoms with Crippen molar-refractivity contribution in [3.05, 3.63) is 74.7 Å². The SMILES string of the molecule is N=C1C(c2nc(-c3ccc(Cl)cc3)cs2)=C(O)CN1NC(=O)Nc1ccc(Cl)cc1. The predicted octanol–water partition coefficient (Wildman–Crippen LogP) is 5.42. The van der Waals surface area contributed by atoms with Crippen LogP contribution in [0.2, 0.25) is 10.0 Å². The van der Waals surface area contributed by atoms with Crippen molar-refractivity contribution in [3.63, 3.8) is 0 Å². The van der Waals surface area contributed by atoms with Gasteiger partial charge in [-0.3, -0.25) is 10.4 Å². The Hall–Kier alpha value is -3.07. The lowest BCUT2D eigenvalue weighted by Crippen LogP contribution is -2.45. The molecule has 0 fully saturated rings. The average molecular weight is 460 g/mol. The lowest BCUT2D eigenvalue weighted by Gasteiger charge is -2.19. The van der Waals surface area contributed by atoms with Crippen LogP contribution in [-0.4, -0.2) is 33.5 Å². The minimum absolute atomic E-state index is 0.0297. The number of nitrogens with one attached hydrogen (secondary N) is 3. The van der Waals surface area contributed by atoms with Crippen LogP contribution >= 0.6 is 34.5 Å². The van der Waals surface area contributed by atoms with Crippen molar-refractivity contribution < 1.29 is 9.90 Å². The number of halogens is 2. The Bertz CT molecular complexity index is 1140. The number of aromatic nitrogens is 1. The van der Waals surface area contributed by atoms with Gasteiger partial charge in [0.05, 0.1) is 17.8 Å². The van der Waals surface area contributed by atoms with Crippen molar-refractivity contribution in [2.45, 2.75) is 0 Å². The third kappa shape index (κ3) is 4.25. The number of urea groups is 1. The number of carbonyl (C=O) groups is 1. The number of amidine groups is 1. The standard InChI is InChI=1S/C20H15Cl2N5O2S/c21-12-3-1-11(2-4-12)15-10-30-19(25-15)17-16(28)9-27(18(17)23)26-20(29)24-14-7-5-13(22)6-8-14/h1-8,10,23,28H,9H2,(H2,24,26,29). The van der Waals surface area contributed by atoms with Crippen molar-refractivity contribution >= 4 is 57.7 Å². The van der Waals surface area contributed by atoms with Crippen LogP contribution in [0.3, 0.4) is 0 Å². The number of benzene rings is 2. The fraction of sp³-hybridized carbons (Fsp3) is 0.0500. The summed E-state index contributed by atoms with van der Waals surface area (Å²) in [7, 11) is 0. The number of aliphatic hydroxyl groups is 1. The lowest BCUT2D eigenvalue weighted by atomic mass is 10.2. The molecule has 4 rings (SSSR count). The van der Waals surface area contributed by atoms with Gasteiger partial charge in [0.2, 0.25) is 0 Å². The number of thiazole rings is 1. The van der Waals surface area contributed by atoms with Crippen molar-refractivity contribution in [2.24, 2.45) is 0 Å². The van der Waals surface area contributed by atoms with Crippen molar-refractivity contribution in [1.82, 2.24) is 15.4 Å². The van der Waals surface area contributed by atoms with Gasteiger partial charge in [-0.2, -0.15) is 0 Å². The maximum absolute atomic E-state index is 12.2. The maximum Gasteiger partial charge on any atom is 0.338 e. The summed E-state index contributed by atoms with van der Waals surface area (Å²) in [6, 6.07) is 13.3. The molecule has 10 heteroatoms. The van der Waals surface area contributed by atoms with Gasteiger partial charge in [0.25, 0.3) is 0 Å². The van der Waals surface area contributed by atoms with Gasteiger partial charge < -0.3 is 10.4 Å². The molecule has 2 heterocycles. The zero-order valence-electron chi connectivity index (χ0n) is 15.3. The molecule has 0 saturated heterocycles. The predicted molar refractivity (Wildman–Crippen MR) is 120 cm³/mol. The van der Waals surface area contributed by atoms with Gasteiger partial charge in [-0.05, 0) is 36.4 Å². The van der Waals surface area contributed by atoms with Gasteiger partial charge in [0.1, 0.15) is 10.8 Å². The highest BCUT2D eigenvalue weighted by Crippen LogP contribution is 2.32. The topological polar surface area (TPSA) is 101 Å². The molecular weight excluding hydrogens is 445 g/mol. The molecule has 2 amide bonds. The summed E-state index contributed by atoms with van der Waals surface area (Å²) in [4.78, 5) is 16.8. The number of hydrogen-bond donors (Lipinski definition) is 4. The van der Waals surface area contributed by atoms with E-state index in [1.165, 1.54) is 16.3 Å². The van der Waals surface area contributed by atoms with Gasteiger partial charge in [0, 0.05) is 26.7 Å². The van der Waals surface area contributed by atoms with Crippen molar-refractivity contribution in [3.8, 4) is 11.3 Å². The normalized spacial score (nSPS) is 13.7. The van der Waals surface area contributed by atoms with E-state index in [1.807, 2.05) is 17.5 Å². The fourth-order valence-electron chi connectivity index (χ4n) is 2.86. The van der Waals surface area contributed by atoms with Crippen LogP contribution in [0.4, 0.5) is 10.5 Å². The Morgan fingerprint density at radius 1 is 1.10 bits per heavy atom. The van der Waals surface area contributed by atoms with Crippen molar-refractivity contribution in [1.29, 1.82) is 5.41 Å². The first-order chi connectivity index (χ1) is 14.4. The summed E-state index contributed by atoms with van der Waals surface area (Å²) < 4.78 is 0. The van der Waals surface area contributed by atoms with E-state index in [9.17, 15) is 9.90 Å². The number of carbonyl (C=O) groups excluding carboxylic acids is 1. The number of hydrogen-bond acceptors (Lipinski definition) is 5. The maximum atomic E-state index is 12.2. The molecule has 152 valence electrons. The molecule has 0 spiro atoms. The third-order valence-electron chi connectivity index (χ3n) is 4.30. The summed E-state index contributed by atoms with van der Waals surface area (Å²) in [5, 5.41) is 26.2. The molecule has 4 N–H and O–H groups in total. The van der Waals surface area contributed by atoms with Crippen LogP contribution in [0.1, 0.15) is 5.01 Å². The number of anilines is 1. The zero-order valence-corrected chi connectivity index (χ0v) is 17.6. The number of rotatable bonds is 4. The van der Waals surface area contributed by atoms with Gasteiger partial charge in [-0.15, -0.1) is 11.3 Å². The van der Waals surface area contributed by atoms with Crippen LogP contribution in [0, 0.1) is 5.41 Å². The third-order valence-corrected chi connectivity index (χ3v) is 5.66. The van der Waals surface area contributed by atoms with E-state index in [2.05, 4.69) is 15.7 Å². The molecule has 0 atom stereocenters. The summed E-state index contributed by atoms with van der Waals surface area (Å²) >= 11 is 13.1. The Labute approximate surface area is 186 Å². The number of aliphatic hydroxyl groups excluding tert-OH is 1. The molecule has 0 unspecified atom stereocenters. The number of hydrazine groups is 1. The van der Waals surface area contributed by atoms with Gasteiger partial charge in [-0.1, -0.05) is 35.3 Å². The zero-order chi connectivity index (χ0) is 21.3. The molecule has 1 aliphatic rings.